The van der Waals surface area contributed by atoms with Gasteiger partial charge in [-0.2, -0.15) is 0 Å². The Balaban J connectivity index is 2.13. The van der Waals surface area contributed by atoms with Crippen LogP contribution in [0.3, 0.4) is 0 Å². The van der Waals surface area contributed by atoms with E-state index in [1.54, 1.807) is 30.2 Å². The number of carbonyl (C=O) groups is 1. The molecule has 0 unspecified atom stereocenters. The Morgan fingerprint density at radius 2 is 2.29 bits per heavy atom. The average Bonchev–Trinajstić information content (AvgIpc) is 2.88. The van der Waals surface area contributed by atoms with Crippen LogP contribution in [-0.2, 0) is 10.5 Å². The number of ether oxygens (including phenoxy) is 1. The topological polar surface area (TPSA) is 72.3 Å². The van der Waals surface area contributed by atoms with Crippen LogP contribution in [-0.4, -0.2) is 28.4 Å². The lowest BCUT2D eigenvalue weighted by atomic mass is 10.1. The van der Waals surface area contributed by atoms with Gasteiger partial charge >= 0.3 is 5.97 Å². The summed E-state index contributed by atoms with van der Waals surface area (Å²) in [5, 5.41) is 17.7. The molecule has 0 aliphatic heterocycles. The number of carboxylic acids is 1. The number of nitrogens with zero attached hydrogens (tertiary/aromatic N) is 2. The summed E-state index contributed by atoms with van der Waals surface area (Å²) in [5.74, 6) is 0.404. The zero-order valence-corrected chi connectivity index (χ0v) is 13.2. The van der Waals surface area contributed by atoms with Crippen LogP contribution in [0.1, 0.15) is 16.1 Å². The monoisotopic (exact) mass is 322 g/mol. The lowest BCUT2D eigenvalue weighted by Gasteiger charge is -2.07. The molecular weight excluding hydrogens is 308 g/mol. The van der Waals surface area contributed by atoms with Gasteiger partial charge in [0.2, 0.25) is 0 Å². The minimum Gasteiger partial charge on any atom is -0.496 e. The fourth-order valence-electron chi connectivity index (χ4n) is 1.65. The second-order valence-electron chi connectivity index (χ2n) is 4.12. The first kappa shape index (κ1) is 15.5. The second-order valence-corrected chi connectivity index (χ2v) is 6.53. The van der Waals surface area contributed by atoms with Gasteiger partial charge in [0, 0.05) is 17.4 Å². The third-order valence-corrected chi connectivity index (χ3v) is 4.61. The Hall–Kier alpha value is -1.86. The van der Waals surface area contributed by atoms with Crippen molar-refractivity contribution in [3.63, 3.8) is 0 Å². The summed E-state index contributed by atoms with van der Waals surface area (Å²) in [4.78, 5) is 10.6. The molecule has 5 nitrogen and oxygen atoms in total. The van der Waals surface area contributed by atoms with Crippen LogP contribution in [0.15, 0.2) is 28.6 Å². The van der Waals surface area contributed by atoms with Gasteiger partial charge in [0.1, 0.15) is 10.8 Å². The first-order valence-corrected chi connectivity index (χ1v) is 7.89. The van der Waals surface area contributed by atoms with Gasteiger partial charge in [0.05, 0.1) is 7.11 Å². The summed E-state index contributed by atoms with van der Waals surface area (Å²) in [6.45, 7) is 1.92. The van der Waals surface area contributed by atoms with Gasteiger partial charge < -0.3 is 9.84 Å². The number of hydrogen-bond acceptors (Lipinski definition) is 6. The summed E-state index contributed by atoms with van der Waals surface area (Å²) in [6, 6.07) is 5.71. The highest BCUT2D eigenvalue weighted by Gasteiger charge is 2.05. The van der Waals surface area contributed by atoms with E-state index in [4.69, 9.17) is 9.84 Å². The van der Waals surface area contributed by atoms with E-state index >= 15 is 0 Å². The molecule has 0 aliphatic rings. The molecule has 2 aromatic rings. The molecule has 0 fully saturated rings. The molecular formula is C14H14N2O3S2. The molecule has 1 N–H and O–H groups in total. The van der Waals surface area contributed by atoms with Crippen molar-refractivity contribution in [1.82, 2.24) is 10.2 Å². The maximum atomic E-state index is 10.6. The van der Waals surface area contributed by atoms with Gasteiger partial charge in [0.25, 0.3) is 0 Å². The standard InChI is InChI=1S/C14H14N2O3S2/c1-9-15-16-14(21-9)20-8-10-3-5-12(19-2)11(7-10)4-6-13(17)18/h3-7H,8H2,1-2H3,(H,17,18). The van der Waals surface area contributed by atoms with Gasteiger partial charge in [-0.1, -0.05) is 29.2 Å². The number of benzene rings is 1. The molecule has 2 rings (SSSR count). The number of hydrogen-bond donors (Lipinski definition) is 1. The zero-order valence-electron chi connectivity index (χ0n) is 11.6. The Bertz CT molecular complexity index is 668. The number of aliphatic carboxylic acids is 1. The van der Waals surface area contributed by atoms with Gasteiger partial charge in [-0.25, -0.2) is 4.79 Å². The second kappa shape index (κ2) is 7.24. The van der Waals surface area contributed by atoms with Crippen LogP contribution < -0.4 is 4.74 Å². The van der Waals surface area contributed by atoms with Gasteiger partial charge in [-0.05, 0) is 30.7 Å². The minimum atomic E-state index is -0.985. The molecule has 0 atom stereocenters. The van der Waals surface area contributed by atoms with Crippen molar-refractivity contribution in [1.29, 1.82) is 0 Å². The normalized spacial score (nSPS) is 11.0. The van der Waals surface area contributed by atoms with E-state index in [9.17, 15) is 4.79 Å². The smallest absolute Gasteiger partial charge is 0.328 e. The molecule has 0 saturated heterocycles. The van der Waals surface area contributed by atoms with Crippen molar-refractivity contribution < 1.29 is 14.6 Å². The zero-order chi connectivity index (χ0) is 15.2. The first-order valence-electron chi connectivity index (χ1n) is 6.09. The number of aromatic nitrogens is 2. The molecule has 0 saturated carbocycles. The largest absolute Gasteiger partial charge is 0.496 e. The van der Waals surface area contributed by atoms with Crippen LogP contribution in [0.5, 0.6) is 5.75 Å². The maximum absolute atomic E-state index is 10.6. The molecule has 1 heterocycles. The van der Waals surface area contributed by atoms with Crippen LogP contribution >= 0.6 is 23.1 Å². The summed E-state index contributed by atoms with van der Waals surface area (Å²) >= 11 is 3.16. The van der Waals surface area contributed by atoms with Crippen molar-refractivity contribution in [2.75, 3.05) is 7.11 Å². The van der Waals surface area contributed by atoms with Crippen molar-refractivity contribution in [3.8, 4) is 5.75 Å². The highest BCUT2D eigenvalue weighted by Crippen LogP contribution is 2.28. The highest BCUT2D eigenvalue weighted by atomic mass is 32.2. The Kier molecular flexibility index (Phi) is 5.35. The van der Waals surface area contributed by atoms with Crippen LogP contribution in [0, 0.1) is 6.92 Å². The lowest BCUT2D eigenvalue weighted by Crippen LogP contribution is -1.91. The Labute approximate surface area is 130 Å². The molecule has 21 heavy (non-hydrogen) atoms. The van der Waals surface area contributed by atoms with E-state index in [-0.39, 0.29) is 0 Å². The third-order valence-electron chi connectivity index (χ3n) is 2.57. The molecule has 0 aliphatic carbocycles. The van der Waals surface area contributed by atoms with Crippen LogP contribution in [0.25, 0.3) is 6.08 Å². The van der Waals surface area contributed by atoms with Gasteiger partial charge in [0.15, 0.2) is 4.34 Å². The van der Waals surface area contributed by atoms with Crippen molar-refractivity contribution in [3.05, 3.63) is 40.4 Å². The molecule has 7 heteroatoms. The number of rotatable bonds is 6. The molecule has 0 bridgehead atoms. The summed E-state index contributed by atoms with van der Waals surface area (Å²) in [6.07, 6.45) is 2.63. The SMILES string of the molecule is COc1ccc(CSc2nnc(C)s2)cc1C=CC(=O)O. The van der Waals surface area contributed by atoms with E-state index < -0.39 is 5.97 Å². The van der Waals surface area contributed by atoms with E-state index in [2.05, 4.69) is 10.2 Å². The van der Waals surface area contributed by atoms with Crippen molar-refractivity contribution in [2.24, 2.45) is 0 Å². The molecule has 1 aromatic heterocycles. The van der Waals surface area contributed by atoms with E-state index in [0.29, 0.717) is 5.75 Å². The Morgan fingerprint density at radius 3 is 2.90 bits per heavy atom. The predicted octanol–water partition coefficient (Wildman–Crippen LogP) is 3.25. The highest BCUT2D eigenvalue weighted by molar-refractivity contribution is 8.00. The van der Waals surface area contributed by atoms with Gasteiger partial charge in [-0.3, -0.25) is 0 Å². The van der Waals surface area contributed by atoms with Crippen molar-refractivity contribution >= 4 is 35.1 Å². The predicted molar refractivity (Wildman–Crippen MR) is 83.9 cm³/mol. The lowest BCUT2D eigenvalue weighted by molar-refractivity contribution is -0.131. The summed E-state index contributed by atoms with van der Waals surface area (Å²) in [7, 11) is 1.56. The molecule has 110 valence electrons. The fraction of sp³-hybridized carbons (Fsp3) is 0.214. The quantitative estimate of drug-likeness (QED) is 0.650. The maximum Gasteiger partial charge on any atom is 0.328 e. The summed E-state index contributed by atoms with van der Waals surface area (Å²) in [5.41, 5.74) is 1.81. The summed E-state index contributed by atoms with van der Waals surface area (Å²) < 4.78 is 6.15. The van der Waals surface area contributed by atoms with Gasteiger partial charge in [-0.15, -0.1) is 10.2 Å². The average molecular weight is 322 g/mol. The third kappa shape index (κ3) is 4.57. The molecule has 0 amide bonds. The number of methoxy groups -OCH3 is 1. The molecule has 0 spiro atoms. The Morgan fingerprint density at radius 1 is 1.48 bits per heavy atom. The van der Waals surface area contributed by atoms with E-state index in [1.807, 2.05) is 25.1 Å². The fourth-order valence-corrected chi connectivity index (χ4v) is 3.41. The first-order chi connectivity index (χ1) is 10.1. The number of aryl methyl sites for hydroxylation is 1. The number of carboxylic acid groups (broad SMARTS) is 1. The van der Waals surface area contributed by atoms with Crippen LogP contribution in [0.4, 0.5) is 0 Å². The van der Waals surface area contributed by atoms with E-state index in [1.165, 1.54) is 6.08 Å². The molecule has 0 radical (unpaired) electrons. The molecule has 1 aromatic carbocycles. The van der Waals surface area contributed by atoms with Crippen LogP contribution in [0.2, 0.25) is 0 Å². The van der Waals surface area contributed by atoms with E-state index in [0.717, 1.165) is 32.3 Å². The minimum absolute atomic E-state index is 0.646. The van der Waals surface area contributed by atoms with Crippen molar-refractivity contribution in [2.45, 2.75) is 17.0 Å². The number of thioether (sulfide) groups is 1.